The molecule has 1 aromatic rings. The third-order valence-electron chi connectivity index (χ3n) is 2.08. The van der Waals surface area contributed by atoms with Gasteiger partial charge >= 0.3 is 0 Å². The average molecular weight is 246 g/mol. The number of nitrogens with two attached hydrogens (primary N) is 2. The second kappa shape index (κ2) is 7.00. The van der Waals surface area contributed by atoms with Crippen molar-refractivity contribution in [2.75, 3.05) is 0 Å². The molecule has 94 valence electrons. The Kier molecular flexibility index (Phi) is 5.30. The van der Waals surface area contributed by atoms with E-state index in [9.17, 15) is 9.59 Å². The van der Waals surface area contributed by atoms with Crippen molar-refractivity contribution >= 4 is 24.0 Å². The lowest BCUT2D eigenvalue weighted by molar-refractivity contribution is -0.117. The number of carbonyl (C=O) groups excluding carboxylic acids is 2. The molecule has 0 spiro atoms. The van der Waals surface area contributed by atoms with E-state index in [0.717, 1.165) is 11.1 Å². The normalized spacial score (nSPS) is 10.8. The van der Waals surface area contributed by atoms with E-state index in [4.69, 9.17) is 11.7 Å². The van der Waals surface area contributed by atoms with Crippen LogP contribution in [0.2, 0.25) is 0 Å². The maximum atomic E-state index is 10.9. The summed E-state index contributed by atoms with van der Waals surface area (Å²) < 4.78 is 0. The van der Waals surface area contributed by atoms with Gasteiger partial charge in [-0.1, -0.05) is 24.3 Å². The van der Waals surface area contributed by atoms with Crippen LogP contribution in [-0.4, -0.2) is 11.8 Å². The number of nitrogens with one attached hydrogen (secondary N) is 2. The highest BCUT2D eigenvalue weighted by Gasteiger charge is 1.93. The zero-order chi connectivity index (χ0) is 13.4. The number of hydrogen-bond donors (Lipinski definition) is 4. The zero-order valence-corrected chi connectivity index (χ0v) is 9.59. The van der Waals surface area contributed by atoms with E-state index in [1.54, 1.807) is 36.4 Å². The Bertz CT molecular complexity index is 432. The fourth-order valence-corrected chi connectivity index (χ4v) is 1.16. The van der Waals surface area contributed by atoms with Crippen LogP contribution in [-0.2, 0) is 9.59 Å². The summed E-state index contributed by atoms with van der Waals surface area (Å²) in [5.41, 5.74) is 5.68. The SMILES string of the molecule is NNC(=O)/C=C/c1ccc(/C=C/C(=O)NN)cc1. The fraction of sp³-hybridized carbons (Fsp3) is 0. The highest BCUT2D eigenvalue weighted by molar-refractivity contribution is 5.92. The fourth-order valence-electron chi connectivity index (χ4n) is 1.16. The minimum Gasteiger partial charge on any atom is -0.291 e. The lowest BCUT2D eigenvalue weighted by atomic mass is 10.1. The van der Waals surface area contributed by atoms with Crippen LogP contribution >= 0.6 is 0 Å². The standard InChI is InChI=1S/C12H14N4O2/c13-15-11(17)7-5-9-1-2-10(4-3-9)6-8-12(18)16-14/h1-8H,13-14H2,(H,15,17)(H,16,18)/b7-5+,8-6+. The molecule has 0 unspecified atom stereocenters. The first-order valence-electron chi connectivity index (χ1n) is 5.13. The zero-order valence-electron chi connectivity index (χ0n) is 9.59. The van der Waals surface area contributed by atoms with Gasteiger partial charge in [0.15, 0.2) is 0 Å². The Balaban J connectivity index is 2.68. The molecule has 1 aromatic carbocycles. The Morgan fingerprint density at radius 2 is 1.17 bits per heavy atom. The van der Waals surface area contributed by atoms with E-state index in [1.165, 1.54) is 12.2 Å². The third-order valence-corrected chi connectivity index (χ3v) is 2.08. The van der Waals surface area contributed by atoms with Gasteiger partial charge in [-0.05, 0) is 23.3 Å². The average Bonchev–Trinajstić information content (AvgIpc) is 2.43. The molecule has 6 heteroatoms. The number of amides is 2. The van der Waals surface area contributed by atoms with Gasteiger partial charge < -0.3 is 0 Å². The molecule has 0 atom stereocenters. The summed E-state index contributed by atoms with van der Waals surface area (Å²) in [5, 5.41) is 0. The van der Waals surface area contributed by atoms with Gasteiger partial charge in [-0.3, -0.25) is 20.4 Å². The summed E-state index contributed by atoms with van der Waals surface area (Å²) in [6.07, 6.45) is 5.91. The molecular formula is C12H14N4O2. The lowest BCUT2D eigenvalue weighted by Crippen LogP contribution is -2.27. The summed E-state index contributed by atoms with van der Waals surface area (Å²) in [6, 6.07) is 7.22. The molecule has 0 aliphatic rings. The first-order valence-corrected chi connectivity index (χ1v) is 5.13. The van der Waals surface area contributed by atoms with Crippen molar-refractivity contribution in [3.8, 4) is 0 Å². The smallest absolute Gasteiger partial charge is 0.257 e. The van der Waals surface area contributed by atoms with E-state index in [1.807, 2.05) is 10.9 Å². The van der Waals surface area contributed by atoms with Gasteiger partial charge in [-0.15, -0.1) is 0 Å². The molecule has 0 bridgehead atoms. The molecule has 0 aliphatic heterocycles. The monoisotopic (exact) mass is 246 g/mol. The molecule has 0 radical (unpaired) electrons. The molecule has 6 N–H and O–H groups in total. The number of hydrogen-bond acceptors (Lipinski definition) is 4. The molecular weight excluding hydrogens is 232 g/mol. The molecule has 18 heavy (non-hydrogen) atoms. The number of rotatable bonds is 4. The molecule has 0 saturated carbocycles. The van der Waals surface area contributed by atoms with Crippen LogP contribution in [0.4, 0.5) is 0 Å². The highest BCUT2D eigenvalue weighted by atomic mass is 16.2. The maximum absolute atomic E-state index is 10.9. The van der Waals surface area contributed by atoms with Crippen molar-refractivity contribution in [1.29, 1.82) is 0 Å². The molecule has 0 heterocycles. The molecule has 0 aliphatic carbocycles. The minimum atomic E-state index is -0.376. The van der Waals surface area contributed by atoms with Crippen LogP contribution in [0.5, 0.6) is 0 Å². The van der Waals surface area contributed by atoms with Gasteiger partial charge in [0.05, 0.1) is 0 Å². The quantitative estimate of drug-likeness (QED) is 0.253. The molecule has 6 nitrogen and oxygen atoms in total. The summed E-state index contributed by atoms with van der Waals surface area (Å²) >= 11 is 0. The summed E-state index contributed by atoms with van der Waals surface area (Å²) in [4.78, 5) is 21.7. The summed E-state index contributed by atoms with van der Waals surface area (Å²) in [6.45, 7) is 0. The topological polar surface area (TPSA) is 110 Å². The van der Waals surface area contributed by atoms with Gasteiger partial charge in [0.1, 0.15) is 0 Å². The predicted molar refractivity (Wildman–Crippen MR) is 69.2 cm³/mol. The van der Waals surface area contributed by atoms with Gasteiger partial charge in [-0.2, -0.15) is 0 Å². The van der Waals surface area contributed by atoms with E-state index >= 15 is 0 Å². The molecule has 0 fully saturated rings. The van der Waals surface area contributed by atoms with E-state index in [0.29, 0.717) is 0 Å². The first kappa shape index (κ1) is 13.6. The number of carbonyl (C=O) groups is 2. The van der Waals surface area contributed by atoms with Gasteiger partial charge in [0.25, 0.3) is 11.8 Å². The molecule has 2 amide bonds. The van der Waals surface area contributed by atoms with Crippen molar-refractivity contribution in [2.45, 2.75) is 0 Å². The molecule has 0 saturated heterocycles. The minimum absolute atomic E-state index is 0.376. The van der Waals surface area contributed by atoms with Crippen LogP contribution in [0.3, 0.4) is 0 Å². The van der Waals surface area contributed by atoms with E-state index in [2.05, 4.69) is 0 Å². The summed E-state index contributed by atoms with van der Waals surface area (Å²) in [5.74, 6) is 9.11. The Morgan fingerprint density at radius 1 is 0.833 bits per heavy atom. The number of benzene rings is 1. The van der Waals surface area contributed by atoms with Crippen molar-refractivity contribution in [2.24, 2.45) is 11.7 Å². The maximum Gasteiger partial charge on any atom is 0.257 e. The number of hydrazine groups is 2. The van der Waals surface area contributed by atoms with Gasteiger partial charge in [-0.25, -0.2) is 11.7 Å². The first-order chi connectivity index (χ1) is 8.65. The van der Waals surface area contributed by atoms with Crippen molar-refractivity contribution in [1.82, 2.24) is 10.9 Å². The van der Waals surface area contributed by atoms with Crippen molar-refractivity contribution < 1.29 is 9.59 Å². The predicted octanol–water partition coefficient (Wildman–Crippen LogP) is -0.307. The Hall–Kier alpha value is -2.44. The van der Waals surface area contributed by atoms with E-state index in [-0.39, 0.29) is 11.8 Å². The van der Waals surface area contributed by atoms with Crippen molar-refractivity contribution in [3.05, 3.63) is 47.5 Å². The van der Waals surface area contributed by atoms with Crippen LogP contribution < -0.4 is 22.5 Å². The van der Waals surface area contributed by atoms with Gasteiger partial charge in [0, 0.05) is 12.2 Å². The van der Waals surface area contributed by atoms with Crippen LogP contribution in [0.1, 0.15) is 11.1 Å². The van der Waals surface area contributed by atoms with E-state index < -0.39 is 0 Å². The highest BCUT2D eigenvalue weighted by Crippen LogP contribution is 2.07. The molecule has 1 rings (SSSR count). The van der Waals surface area contributed by atoms with Crippen molar-refractivity contribution in [3.63, 3.8) is 0 Å². The van der Waals surface area contributed by atoms with Crippen LogP contribution in [0.25, 0.3) is 12.2 Å². The second-order valence-electron chi connectivity index (χ2n) is 3.35. The van der Waals surface area contributed by atoms with Crippen LogP contribution in [0.15, 0.2) is 36.4 Å². The molecule has 0 aromatic heterocycles. The Morgan fingerprint density at radius 3 is 1.44 bits per heavy atom. The third kappa shape index (κ3) is 4.60. The largest absolute Gasteiger partial charge is 0.291 e. The lowest BCUT2D eigenvalue weighted by Gasteiger charge is -1.96. The second-order valence-corrected chi connectivity index (χ2v) is 3.35. The van der Waals surface area contributed by atoms with Gasteiger partial charge in [0.2, 0.25) is 0 Å². The Labute approximate surface area is 104 Å². The van der Waals surface area contributed by atoms with Crippen LogP contribution in [0, 0.1) is 0 Å². The summed E-state index contributed by atoms with van der Waals surface area (Å²) in [7, 11) is 0.